The number of thioether (sulfide) groups is 1. The van der Waals surface area contributed by atoms with E-state index in [1.165, 1.54) is 6.07 Å². The fourth-order valence-electron chi connectivity index (χ4n) is 3.57. The third-order valence-electron chi connectivity index (χ3n) is 5.33. The molecule has 2 aromatic carbocycles. The van der Waals surface area contributed by atoms with Crippen LogP contribution in [0.25, 0.3) is 11.3 Å². The highest BCUT2D eigenvalue weighted by Crippen LogP contribution is 2.40. The zero-order valence-corrected chi connectivity index (χ0v) is 18.9. The maximum atomic E-state index is 14.5. The normalized spacial score (nSPS) is 24.4. The van der Waals surface area contributed by atoms with Crippen LogP contribution in [0.15, 0.2) is 35.4 Å². The minimum absolute atomic E-state index is 0.0309. The maximum Gasteiger partial charge on any atom is 0.194 e. The molecule has 1 aliphatic heterocycles. The van der Waals surface area contributed by atoms with E-state index in [-0.39, 0.29) is 26.7 Å². The molecule has 0 spiro atoms. The zero-order chi connectivity index (χ0) is 25.4. The molecule has 4 rings (SSSR count). The van der Waals surface area contributed by atoms with Crippen LogP contribution in [-0.2, 0) is 4.74 Å². The van der Waals surface area contributed by atoms with Crippen molar-refractivity contribution in [2.75, 3.05) is 6.61 Å². The zero-order valence-electron chi connectivity index (χ0n) is 17.3. The lowest BCUT2D eigenvalue weighted by atomic mass is 9.97. The monoisotopic (exact) mass is 530 g/mol. The average Bonchev–Trinajstić information content (AvgIpc) is 3.30. The van der Waals surface area contributed by atoms with E-state index in [9.17, 15) is 32.9 Å². The number of halogens is 5. The first-order chi connectivity index (χ1) is 16.6. The van der Waals surface area contributed by atoms with Crippen LogP contribution >= 0.6 is 23.4 Å². The summed E-state index contributed by atoms with van der Waals surface area (Å²) in [7, 11) is 0. The molecule has 3 N–H and O–H groups in total. The first-order valence-corrected chi connectivity index (χ1v) is 11.1. The Balaban J connectivity index is 1.65. The van der Waals surface area contributed by atoms with Crippen molar-refractivity contribution in [2.24, 2.45) is 0 Å². The van der Waals surface area contributed by atoms with E-state index in [1.807, 2.05) is 0 Å². The molecular weight excluding hydrogens is 516 g/mol. The molecule has 1 aromatic heterocycles. The number of ether oxygens (including phenoxy) is 1. The van der Waals surface area contributed by atoms with Crippen molar-refractivity contribution >= 4 is 23.4 Å². The van der Waals surface area contributed by atoms with Crippen molar-refractivity contribution in [1.82, 2.24) is 15.0 Å². The summed E-state index contributed by atoms with van der Waals surface area (Å²) in [5.41, 5.74) is -1.58. The highest BCUT2D eigenvalue weighted by molar-refractivity contribution is 7.99. The van der Waals surface area contributed by atoms with Gasteiger partial charge in [-0.2, -0.15) is 5.26 Å². The van der Waals surface area contributed by atoms with Crippen LogP contribution in [0.1, 0.15) is 11.6 Å². The first kappa shape index (κ1) is 25.4. The Labute approximate surface area is 204 Å². The Hall–Kier alpha value is -2.73. The number of aliphatic hydroxyl groups excluding tert-OH is 3. The molecule has 2 unspecified atom stereocenters. The van der Waals surface area contributed by atoms with Crippen LogP contribution in [0.2, 0.25) is 5.02 Å². The Morgan fingerprint density at radius 1 is 1.09 bits per heavy atom. The lowest BCUT2D eigenvalue weighted by molar-refractivity contribution is -0.178. The molecule has 0 aliphatic carbocycles. The average molecular weight is 531 g/mol. The number of benzene rings is 2. The van der Waals surface area contributed by atoms with E-state index in [0.29, 0.717) is 23.9 Å². The van der Waals surface area contributed by atoms with Crippen LogP contribution in [0, 0.1) is 34.6 Å². The van der Waals surface area contributed by atoms with E-state index in [0.717, 1.165) is 16.9 Å². The summed E-state index contributed by atoms with van der Waals surface area (Å²) >= 11 is 6.66. The summed E-state index contributed by atoms with van der Waals surface area (Å²) in [6.07, 6.45) is -3.14. The largest absolute Gasteiger partial charge is 0.394 e. The molecular formula is C21H15ClF4N4O4S. The molecule has 1 aliphatic rings. The van der Waals surface area contributed by atoms with E-state index >= 15 is 0 Å². The van der Waals surface area contributed by atoms with Gasteiger partial charge in [0.15, 0.2) is 17.5 Å². The van der Waals surface area contributed by atoms with Gasteiger partial charge in [-0.1, -0.05) is 28.6 Å². The summed E-state index contributed by atoms with van der Waals surface area (Å²) in [4.78, 5) is -0.0681. The van der Waals surface area contributed by atoms with Crippen molar-refractivity contribution in [3.8, 4) is 17.3 Å². The fourth-order valence-corrected chi connectivity index (χ4v) is 4.94. The second kappa shape index (κ2) is 10.1. The number of nitriles is 1. The second-order valence-corrected chi connectivity index (χ2v) is 9.07. The Bertz CT molecular complexity index is 1280. The van der Waals surface area contributed by atoms with Gasteiger partial charge in [-0.15, -0.1) is 5.10 Å². The van der Waals surface area contributed by atoms with Gasteiger partial charge in [0.2, 0.25) is 0 Å². The molecule has 1 fully saturated rings. The van der Waals surface area contributed by atoms with Gasteiger partial charge in [0.05, 0.1) is 23.4 Å². The molecule has 14 heteroatoms. The number of aromatic nitrogens is 3. The molecule has 0 bridgehead atoms. The fraction of sp³-hybridized carbons (Fsp3) is 0.286. The highest BCUT2D eigenvalue weighted by Gasteiger charge is 2.46. The third kappa shape index (κ3) is 4.86. The van der Waals surface area contributed by atoms with Crippen molar-refractivity contribution in [1.29, 1.82) is 5.26 Å². The van der Waals surface area contributed by atoms with Gasteiger partial charge in [-0.3, -0.25) is 0 Å². The van der Waals surface area contributed by atoms with Crippen LogP contribution in [-0.4, -0.2) is 60.7 Å². The van der Waals surface area contributed by atoms with Gasteiger partial charge in [-0.05, 0) is 24.3 Å². The van der Waals surface area contributed by atoms with Crippen molar-refractivity contribution in [3.05, 3.63) is 64.3 Å². The molecule has 3 aromatic rings. The molecule has 1 saturated heterocycles. The maximum absolute atomic E-state index is 14.5. The Morgan fingerprint density at radius 2 is 1.77 bits per heavy atom. The van der Waals surface area contributed by atoms with E-state index in [1.54, 1.807) is 6.07 Å². The van der Waals surface area contributed by atoms with E-state index in [4.69, 9.17) is 21.6 Å². The molecule has 0 amide bonds. The van der Waals surface area contributed by atoms with Gasteiger partial charge in [-0.25, -0.2) is 22.2 Å². The van der Waals surface area contributed by atoms with Gasteiger partial charge in [0.1, 0.15) is 47.4 Å². The standard InChI is InChI=1S/C21H15ClF4N4O4S/c22-10-4-16(11(23)3-9(10)5-27)35-21-20(33)18(19(32)15(7-31)34-21)30-6-14(28-29-30)8-1-12(24)17(26)13(25)2-8/h1-4,6,15,18-21,31-33H,7H2/t15?,18-,19-,20?,21+/m0/s1. The van der Waals surface area contributed by atoms with Gasteiger partial charge in [0.25, 0.3) is 0 Å². The summed E-state index contributed by atoms with van der Waals surface area (Å²) in [6, 6.07) is 3.95. The SMILES string of the molecule is N#Cc1cc(F)c(S[C@H]2OC(CO)[C@H](O)[C@H](n3cc(-c4cc(F)c(F)c(F)c4)nn3)C2O)cc1Cl. The quantitative estimate of drug-likeness (QED) is 0.340. The number of rotatable bonds is 5. The molecule has 5 atom stereocenters. The van der Waals surface area contributed by atoms with Crippen LogP contribution in [0.4, 0.5) is 17.6 Å². The number of aliphatic hydroxyl groups is 3. The molecule has 0 saturated carbocycles. The van der Waals surface area contributed by atoms with Crippen molar-refractivity contribution in [2.45, 2.75) is 34.7 Å². The highest BCUT2D eigenvalue weighted by atomic mass is 35.5. The van der Waals surface area contributed by atoms with Gasteiger partial charge in [0, 0.05) is 10.5 Å². The summed E-state index contributed by atoms with van der Waals surface area (Å²) in [6.45, 7) is -0.673. The minimum Gasteiger partial charge on any atom is -0.394 e. The lowest BCUT2D eigenvalue weighted by Gasteiger charge is -2.41. The van der Waals surface area contributed by atoms with Gasteiger partial charge < -0.3 is 20.1 Å². The van der Waals surface area contributed by atoms with Crippen molar-refractivity contribution < 1.29 is 37.6 Å². The van der Waals surface area contributed by atoms with Crippen LogP contribution in [0.5, 0.6) is 0 Å². The molecule has 8 nitrogen and oxygen atoms in total. The second-order valence-electron chi connectivity index (χ2n) is 7.53. The van der Waals surface area contributed by atoms with E-state index in [2.05, 4.69) is 10.3 Å². The Morgan fingerprint density at radius 3 is 2.40 bits per heavy atom. The van der Waals surface area contributed by atoms with Crippen LogP contribution in [0.3, 0.4) is 0 Å². The minimum atomic E-state index is -1.66. The summed E-state index contributed by atoms with van der Waals surface area (Å²) in [5.74, 6) is -5.35. The number of hydrogen-bond donors (Lipinski definition) is 3. The van der Waals surface area contributed by atoms with E-state index < -0.39 is 59.7 Å². The predicted molar refractivity (Wildman–Crippen MR) is 114 cm³/mol. The molecule has 0 radical (unpaired) electrons. The summed E-state index contributed by atoms with van der Waals surface area (Å²) < 4.78 is 61.5. The topological polar surface area (TPSA) is 124 Å². The molecule has 184 valence electrons. The number of hydrogen-bond acceptors (Lipinski definition) is 8. The number of nitrogens with zero attached hydrogens (tertiary/aromatic N) is 4. The molecule has 2 heterocycles. The third-order valence-corrected chi connectivity index (χ3v) is 6.83. The summed E-state index contributed by atoms with van der Waals surface area (Å²) in [5, 5.41) is 47.8. The Kier molecular flexibility index (Phi) is 7.32. The van der Waals surface area contributed by atoms with Crippen LogP contribution < -0.4 is 0 Å². The lowest BCUT2D eigenvalue weighted by Crippen LogP contribution is -2.55. The van der Waals surface area contributed by atoms with Gasteiger partial charge >= 0.3 is 0 Å². The first-order valence-electron chi connectivity index (χ1n) is 9.89. The molecule has 35 heavy (non-hydrogen) atoms. The smallest absolute Gasteiger partial charge is 0.194 e. The van der Waals surface area contributed by atoms with Crippen molar-refractivity contribution in [3.63, 3.8) is 0 Å². The predicted octanol–water partition coefficient (Wildman–Crippen LogP) is 2.80.